The largest absolute Gasteiger partial charge is 0.368 e. The fourth-order valence-electron chi connectivity index (χ4n) is 1.04. The molecule has 5 heteroatoms. The lowest BCUT2D eigenvalue weighted by Crippen LogP contribution is -2.02. The van der Waals surface area contributed by atoms with Crippen LogP contribution in [0.1, 0.15) is 6.92 Å². The summed E-state index contributed by atoms with van der Waals surface area (Å²) in [6.45, 7) is 5.63. The molecule has 0 aliphatic carbocycles. The van der Waals surface area contributed by atoms with Crippen molar-refractivity contribution in [1.29, 1.82) is 0 Å². The smallest absolute Gasteiger partial charge is 0.244 e. The van der Waals surface area contributed by atoms with Gasteiger partial charge in [0, 0.05) is 7.05 Å². The third kappa shape index (κ3) is 2.46. The van der Waals surface area contributed by atoms with E-state index in [0.717, 1.165) is 5.70 Å². The predicted octanol–water partition coefficient (Wildman–Crippen LogP) is 1.50. The lowest BCUT2D eigenvalue weighted by atomic mass is 10.3. The molecule has 1 aromatic rings. The van der Waals surface area contributed by atoms with E-state index in [9.17, 15) is 0 Å². The molecule has 15 heavy (non-hydrogen) atoms. The maximum absolute atomic E-state index is 5.70. The van der Waals surface area contributed by atoms with Crippen LogP contribution >= 0.6 is 0 Å². The van der Waals surface area contributed by atoms with Crippen LogP contribution in [0, 0.1) is 0 Å². The van der Waals surface area contributed by atoms with Gasteiger partial charge in [-0.1, -0.05) is 18.7 Å². The zero-order valence-corrected chi connectivity index (χ0v) is 8.94. The molecule has 0 atom stereocenters. The lowest BCUT2D eigenvalue weighted by molar-refractivity contribution is 0.923. The molecule has 0 unspecified atom stereocenters. The highest BCUT2D eigenvalue weighted by atomic mass is 15.4. The summed E-state index contributed by atoms with van der Waals surface area (Å²) in [5.41, 5.74) is 6.48. The van der Waals surface area contributed by atoms with Gasteiger partial charge in [0.05, 0.1) is 5.70 Å². The highest BCUT2D eigenvalue weighted by Gasteiger charge is 2.06. The standard InChI is InChI=1S/C10H15N5/c1-4-6-7-8(5-2)15-9(11)13-10(12-3)14-15/h4-7H,2H2,1,3H3,(H3,11,12,13,14)/b6-4-,8-7+. The Morgan fingerprint density at radius 2 is 2.33 bits per heavy atom. The first-order valence-corrected chi connectivity index (χ1v) is 4.59. The van der Waals surface area contributed by atoms with Crippen LogP contribution in [0.5, 0.6) is 0 Å². The molecule has 80 valence electrons. The molecule has 0 spiro atoms. The van der Waals surface area contributed by atoms with Gasteiger partial charge in [0.1, 0.15) is 0 Å². The van der Waals surface area contributed by atoms with Crippen molar-refractivity contribution in [2.75, 3.05) is 18.1 Å². The third-order valence-corrected chi connectivity index (χ3v) is 1.77. The number of aromatic nitrogens is 3. The number of allylic oxidation sites excluding steroid dienone is 5. The van der Waals surface area contributed by atoms with E-state index in [4.69, 9.17) is 5.73 Å². The van der Waals surface area contributed by atoms with Crippen molar-refractivity contribution in [1.82, 2.24) is 14.8 Å². The van der Waals surface area contributed by atoms with E-state index < -0.39 is 0 Å². The number of nitrogens with one attached hydrogen (secondary N) is 1. The minimum atomic E-state index is 0.329. The quantitative estimate of drug-likeness (QED) is 0.731. The molecule has 1 aromatic heterocycles. The summed E-state index contributed by atoms with van der Waals surface area (Å²) in [5.74, 6) is 0.815. The van der Waals surface area contributed by atoms with E-state index in [1.807, 2.05) is 25.2 Å². The SMILES string of the molecule is C=C/C(=C\C=C/C)n1nc(NC)nc1N. The van der Waals surface area contributed by atoms with Gasteiger partial charge in [0.25, 0.3) is 0 Å². The number of hydrogen-bond donors (Lipinski definition) is 2. The van der Waals surface area contributed by atoms with Crippen molar-refractivity contribution in [3.05, 3.63) is 30.9 Å². The highest BCUT2D eigenvalue weighted by Crippen LogP contribution is 2.12. The summed E-state index contributed by atoms with van der Waals surface area (Å²) in [4.78, 5) is 4.01. The minimum absolute atomic E-state index is 0.329. The summed E-state index contributed by atoms with van der Waals surface area (Å²) < 4.78 is 1.53. The molecule has 0 aliphatic rings. The molecule has 0 bridgehead atoms. The van der Waals surface area contributed by atoms with E-state index in [1.165, 1.54) is 4.68 Å². The number of rotatable bonds is 4. The van der Waals surface area contributed by atoms with Crippen LogP contribution in [0.3, 0.4) is 0 Å². The van der Waals surface area contributed by atoms with Gasteiger partial charge in [-0.25, -0.2) is 0 Å². The normalized spacial score (nSPS) is 12.0. The topological polar surface area (TPSA) is 68.8 Å². The van der Waals surface area contributed by atoms with Gasteiger partial charge in [0.15, 0.2) is 0 Å². The lowest BCUT2D eigenvalue weighted by Gasteiger charge is -2.00. The molecular weight excluding hydrogens is 190 g/mol. The van der Waals surface area contributed by atoms with Crippen molar-refractivity contribution < 1.29 is 0 Å². The van der Waals surface area contributed by atoms with E-state index >= 15 is 0 Å². The second-order valence-corrected chi connectivity index (χ2v) is 2.78. The molecule has 0 saturated heterocycles. The van der Waals surface area contributed by atoms with E-state index in [-0.39, 0.29) is 0 Å². The molecule has 3 N–H and O–H groups in total. The van der Waals surface area contributed by atoms with Crippen molar-refractivity contribution in [2.24, 2.45) is 0 Å². The Labute approximate surface area is 89.0 Å². The first kappa shape index (κ1) is 11.0. The van der Waals surface area contributed by atoms with Gasteiger partial charge in [-0.2, -0.15) is 9.67 Å². The van der Waals surface area contributed by atoms with E-state index in [1.54, 1.807) is 13.1 Å². The maximum atomic E-state index is 5.70. The van der Waals surface area contributed by atoms with Gasteiger partial charge in [-0.05, 0) is 19.1 Å². The number of nitrogens with two attached hydrogens (primary N) is 1. The van der Waals surface area contributed by atoms with Gasteiger partial charge >= 0.3 is 0 Å². The van der Waals surface area contributed by atoms with Gasteiger partial charge < -0.3 is 11.1 Å². The van der Waals surface area contributed by atoms with Crippen LogP contribution in [0.4, 0.5) is 11.9 Å². The summed E-state index contributed by atoms with van der Waals surface area (Å²) >= 11 is 0. The summed E-state index contributed by atoms with van der Waals surface area (Å²) in [7, 11) is 1.74. The Bertz CT molecular complexity index is 400. The van der Waals surface area contributed by atoms with Crippen LogP contribution in [-0.2, 0) is 0 Å². The number of nitrogen functional groups attached to an aromatic ring is 1. The molecule has 0 aliphatic heterocycles. The minimum Gasteiger partial charge on any atom is -0.368 e. The Morgan fingerprint density at radius 1 is 1.60 bits per heavy atom. The molecule has 1 heterocycles. The van der Waals surface area contributed by atoms with Crippen LogP contribution in [0.25, 0.3) is 5.70 Å². The Morgan fingerprint density at radius 3 is 2.80 bits per heavy atom. The molecule has 0 saturated carbocycles. The number of anilines is 2. The Hall–Kier alpha value is -2.04. The van der Waals surface area contributed by atoms with Crippen LogP contribution in [0.15, 0.2) is 30.9 Å². The monoisotopic (exact) mass is 205 g/mol. The number of nitrogens with zero attached hydrogens (tertiary/aromatic N) is 3. The van der Waals surface area contributed by atoms with Crippen LogP contribution < -0.4 is 11.1 Å². The highest BCUT2D eigenvalue weighted by molar-refractivity contribution is 5.61. The molecule has 0 radical (unpaired) electrons. The average molecular weight is 205 g/mol. The van der Waals surface area contributed by atoms with Crippen LogP contribution in [0.2, 0.25) is 0 Å². The van der Waals surface area contributed by atoms with E-state index in [2.05, 4.69) is 22.0 Å². The predicted molar refractivity (Wildman–Crippen MR) is 63.3 cm³/mol. The second kappa shape index (κ2) is 4.99. The first-order chi connectivity index (χ1) is 7.22. The van der Waals surface area contributed by atoms with Gasteiger partial charge in [-0.15, -0.1) is 5.10 Å². The maximum Gasteiger partial charge on any atom is 0.244 e. The fraction of sp³-hybridized carbons (Fsp3) is 0.200. The Balaban J connectivity index is 3.11. The van der Waals surface area contributed by atoms with E-state index in [0.29, 0.717) is 11.9 Å². The summed E-state index contributed by atoms with van der Waals surface area (Å²) in [5, 5.41) is 6.97. The second-order valence-electron chi connectivity index (χ2n) is 2.78. The molecule has 0 aromatic carbocycles. The molecule has 1 rings (SSSR count). The van der Waals surface area contributed by atoms with Crippen LogP contribution in [-0.4, -0.2) is 21.8 Å². The zero-order valence-electron chi connectivity index (χ0n) is 8.94. The number of hydrogen-bond acceptors (Lipinski definition) is 4. The van der Waals surface area contributed by atoms with Crippen molar-refractivity contribution in [3.63, 3.8) is 0 Å². The Kier molecular flexibility index (Phi) is 3.68. The summed E-state index contributed by atoms with van der Waals surface area (Å²) in [6.07, 6.45) is 7.33. The van der Waals surface area contributed by atoms with Gasteiger partial charge in [-0.3, -0.25) is 0 Å². The van der Waals surface area contributed by atoms with Crippen molar-refractivity contribution in [3.8, 4) is 0 Å². The molecular formula is C10H15N5. The van der Waals surface area contributed by atoms with Crippen molar-refractivity contribution >= 4 is 17.6 Å². The van der Waals surface area contributed by atoms with Gasteiger partial charge in [0.2, 0.25) is 11.9 Å². The van der Waals surface area contributed by atoms with Crippen molar-refractivity contribution in [2.45, 2.75) is 6.92 Å². The molecule has 0 amide bonds. The first-order valence-electron chi connectivity index (χ1n) is 4.59. The average Bonchev–Trinajstić information content (AvgIpc) is 2.61. The summed E-state index contributed by atoms with van der Waals surface area (Å²) in [6, 6.07) is 0. The zero-order chi connectivity index (χ0) is 11.3. The fourth-order valence-corrected chi connectivity index (χ4v) is 1.04. The molecule has 0 fully saturated rings. The third-order valence-electron chi connectivity index (χ3n) is 1.77. The molecule has 5 nitrogen and oxygen atoms in total.